The minimum atomic E-state index is -4.46. The van der Waals surface area contributed by atoms with Crippen molar-refractivity contribution in [2.24, 2.45) is 0 Å². The third-order valence-electron chi connectivity index (χ3n) is 3.10. The van der Waals surface area contributed by atoms with Crippen LogP contribution in [0.1, 0.15) is 19.3 Å². The molecule has 96 valence electrons. The fourth-order valence-corrected chi connectivity index (χ4v) is 2.71. The highest BCUT2D eigenvalue weighted by molar-refractivity contribution is 7.85. The van der Waals surface area contributed by atoms with Gasteiger partial charge in [0, 0.05) is 0 Å². The van der Waals surface area contributed by atoms with Crippen LogP contribution in [0.2, 0.25) is 0 Å². The molecule has 1 aliphatic heterocycles. The molecule has 1 N–H and O–H groups in total. The molecule has 0 saturated carbocycles. The van der Waals surface area contributed by atoms with E-state index in [-0.39, 0.29) is 4.48 Å². The summed E-state index contributed by atoms with van der Waals surface area (Å²) in [5, 5.41) is 0. The van der Waals surface area contributed by atoms with Gasteiger partial charge in [-0.05, 0) is 19.3 Å². The molecule has 4 nitrogen and oxygen atoms in total. The van der Waals surface area contributed by atoms with Crippen LogP contribution in [-0.2, 0) is 10.1 Å². The first-order valence-corrected chi connectivity index (χ1v) is 6.93. The smallest absolute Gasteiger partial charge is 0.268 e. The number of likely N-dealkylation sites (tertiary alicyclic amines) is 1. The lowest BCUT2D eigenvalue weighted by Crippen LogP contribution is -2.57. The van der Waals surface area contributed by atoms with Crippen molar-refractivity contribution in [1.82, 2.24) is 0 Å². The summed E-state index contributed by atoms with van der Waals surface area (Å²) in [6.07, 6.45) is -1.43. The Hall–Kier alpha value is -0.270. The van der Waals surface area contributed by atoms with Crippen LogP contribution < -0.4 is 0 Å². The largest absolute Gasteiger partial charge is 0.295 e. The number of nitrogens with zero attached hydrogens (tertiary/aromatic N) is 1. The molecule has 0 amide bonds. The maximum Gasteiger partial charge on any atom is 0.268 e. The van der Waals surface area contributed by atoms with Gasteiger partial charge in [-0.3, -0.25) is 9.04 Å². The maximum absolute atomic E-state index is 13.8. The Bertz CT molecular complexity index is 328. The van der Waals surface area contributed by atoms with E-state index in [1.54, 1.807) is 7.05 Å². The zero-order valence-electron chi connectivity index (χ0n) is 9.27. The van der Waals surface area contributed by atoms with Crippen molar-refractivity contribution >= 4 is 10.1 Å². The Morgan fingerprint density at radius 3 is 2.19 bits per heavy atom. The summed E-state index contributed by atoms with van der Waals surface area (Å²) in [6, 6.07) is 0. The zero-order valence-corrected chi connectivity index (χ0v) is 10.1. The fraction of sp³-hybridized carbons (Fsp3) is 1.00. The first-order chi connectivity index (χ1) is 7.25. The molecule has 0 aliphatic carbocycles. The summed E-state index contributed by atoms with van der Waals surface area (Å²) in [6.45, 7) is 1.01. The van der Waals surface area contributed by atoms with Crippen molar-refractivity contribution in [3.8, 4) is 0 Å². The van der Waals surface area contributed by atoms with E-state index in [9.17, 15) is 17.2 Å². The third kappa shape index (κ3) is 3.64. The van der Waals surface area contributed by atoms with E-state index < -0.39 is 28.3 Å². The van der Waals surface area contributed by atoms with Gasteiger partial charge in [0.15, 0.2) is 6.17 Å². The first kappa shape index (κ1) is 13.8. The van der Waals surface area contributed by atoms with Crippen LogP contribution >= 0.6 is 0 Å². The summed E-state index contributed by atoms with van der Waals surface area (Å²) in [5.41, 5.74) is 0. The average Bonchev–Trinajstić information content (AvgIpc) is 2.15. The van der Waals surface area contributed by atoms with Crippen LogP contribution in [0.4, 0.5) is 8.78 Å². The number of hydrogen-bond donors (Lipinski definition) is 1. The van der Waals surface area contributed by atoms with E-state index in [0.29, 0.717) is 13.1 Å². The summed E-state index contributed by atoms with van der Waals surface area (Å²) in [5.74, 6) is -1.16. The van der Waals surface area contributed by atoms with Gasteiger partial charge in [-0.1, -0.05) is 0 Å². The molecule has 0 aromatic rings. The minimum Gasteiger partial charge on any atom is -0.295 e. The highest BCUT2D eigenvalue weighted by atomic mass is 32.2. The lowest BCUT2D eigenvalue weighted by atomic mass is 10.1. The van der Waals surface area contributed by atoms with E-state index in [4.69, 9.17) is 4.55 Å². The molecule has 1 saturated heterocycles. The van der Waals surface area contributed by atoms with Gasteiger partial charge in [-0.15, -0.1) is 0 Å². The van der Waals surface area contributed by atoms with Crippen LogP contribution in [0.25, 0.3) is 0 Å². The van der Waals surface area contributed by atoms with Crippen molar-refractivity contribution in [3.05, 3.63) is 0 Å². The molecular weight excluding hydrogens is 240 g/mol. The molecular formula is C9H18F2NO3S+. The predicted molar refractivity (Wildman–Crippen MR) is 56.0 cm³/mol. The summed E-state index contributed by atoms with van der Waals surface area (Å²) >= 11 is 0. The maximum atomic E-state index is 13.8. The van der Waals surface area contributed by atoms with E-state index in [1.807, 2.05) is 0 Å². The molecule has 7 heteroatoms. The molecule has 2 unspecified atom stereocenters. The number of quaternary nitrogens is 1. The number of alkyl halides is 2. The van der Waals surface area contributed by atoms with Gasteiger partial charge in [0.2, 0.25) is 0 Å². The van der Waals surface area contributed by atoms with Crippen molar-refractivity contribution < 1.29 is 26.2 Å². The van der Waals surface area contributed by atoms with E-state index in [1.165, 1.54) is 0 Å². The van der Waals surface area contributed by atoms with E-state index >= 15 is 0 Å². The van der Waals surface area contributed by atoms with Gasteiger partial charge in [-0.25, -0.2) is 4.39 Å². The molecule has 0 spiro atoms. The standard InChI is InChI=1S/C9H17F2NO3S/c1-12(5-3-2-4-6-12)9(11)8(10)7-16(13,14)15/h8-9H,2-7H2,1H3/p+1. The average molecular weight is 258 g/mol. The zero-order chi connectivity index (χ0) is 12.4. The number of halogens is 2. The lowest BCUT2D eigenvalue weighted by molar-refractivity contribution is -0.953. The summed E-state index contributed by atoms with van der Waals surface area (Å²) < 4.78 is 56.5. The van der Waals surface area contributed by atoms with Crippen LogP contribution in [0.3, 0.4) is 0 Å². The highest BCUT2D eigenvalue weighted by Crippen LogP contribution is 2.25. The monoisotopic (exact) mass is 258 g/mol. The second-order valence-electron chi connectivity index (χ2n) is 4.62. The molecule has 1 rings (SSSR count). The summed E-state index contributed by atoms with van der Waals surface area (Å²) in [7, 11) is -2.88. The Kier molecular flexibility index (Phi) is 4.25. The number of rotatable bonds is 4. The van der Waals surface area contributed by atoms with Gasteiger partial charge in [-0.2, -0.15) is 12.8 Å². The normalized spacial score (nSPS) is 25.0. The van der Waals surface area contributed by atoms with Gasteiger partial charge in [0.1, 0.15) is 5.75 Å². The predicted octanol–water partition coefficient (Wildman–Crippen LogP) is 1.14. The van der Waals surface area contributed by atoms with Crippen LogP contribution in [0.5, 0.6) is 0 Å². The minimum absolute atomic E-state index is 0.101. The topological polar surface area (TPSA) is 54.4 Å². The number of hydrogen-bond acceptors (Lipinski definition) is 2. The molecule has 2 atom stereocenters. The lowest BCUT2D eigenvalue weighted by Gasteiger charge is -2.40. The summed E-state index contributed by atoms with van der Waals surface area (Å²) in [4.78, 5) is 0. The van der Waals surface area contributed by atoms with Crippen molar-refractivity contribution in [2.45, 2.75) is 31.7 Å². The van der Waals surface area contributed by atoms with Gasteiger partial charge < -0.3 is 0 Å². The van der Waals surface area contributed by atoms with E-state index in [2.05, 4.69) is 0 Å². The Labute approximate surface area is 94.6 Å². The Balaban J connectivity index is 2.64. The SMILES string of the molecule is C[N+]1(C(F)C(F)CS(=O)(=O)O)CCCCC1. The van der Waals surface area contributed by atoms with E-state index in [0.717, 1.165) is 19.3 Å². The number of piperidine rings is 1. The molecule has 0 bridgehead atoms. The Morgan fingerprint density at radius 2 is 1.75 bits per heavy atom. The van der Waals surface area contributed by atoms with Gasteiger partial charge >= 0.3 is 0 Å². The molecule has 0 aromatic carbocycles. The molecule has 0 radical (unpaired) electrons. The second-order valence-corrected chi connectivity index (χ2v) is 6.12. The third-order valence-corrected chi connectivity index (χ3v) is 3.84. The molecule has 16 heavy (non-hydrogen) atoms. The quantitative estimate of drug-likeness (QED) is 0.467. The fourth-order valence-electron chi connectivity index (χ4n) is 2.15. The van der Waals surface area contributed by atoms with Crippen LogP contribution in [-0.4, -0.2) is 55.8 Å². The highest BCUT2D eigenvalue weighted by Gasteiger charge is 2.41. The first-order valence-electron chi connectivity index (χ1n) is 5.32. The Morgan fingerprint density at radius 1 is 1.25 bits per heavy atom. The molecule has 0 aromatic heterocycles. The molecule has 1 fully saturated rings. The van der Waals surface area contributed by atoms with Crippen molar-refractivity contribution in [3.63, 3.8) is 0 Å². The van der Waals surface area contributed by atoms with Gasteiger partial charge in [0.05, 0.1) is 20.1 Å². The van der Waals surface area contributed by atoms with Crippen molar-refractivity contribution in [1.29, 1.82) is 0 Å². The molecule has 1 aliphatic rings. The second kappa shape index (κ2) is 4.93. The molecule has 1 heterocycles. The van der Waals surface area contributed by atoms with Gasteiger partial charge in [0.25, 0.3) is 16.4 Å². The van der Waals surface area contributed by atoms with Crippen molar-refractivity contribution in [2.75, 3.05) is 25.9 Å². The van der Waals surface area contributed by atoms with Crippen LogP contribution in [0.15, 0.2) is 0 Å². The van der Waals surface area contributed by atoms with Crippen LogP contribution in [0, 0.1) is 0 Å².